The molecule has 1 aliphatic rings. The lowest BCUT2D eigenvalue weighted by Crippen LogP contribution is -2.30. The van der Waals surface area contributed by atoms with Crippen molar-refractivity contribution in [3.8, 4) is 16.9 Å². The number of aromatic amines is 1. The first-order valence-electron chi connectivity index (χ1n) is 9.79. The lowest BCUT2D eigenvalue weighted by molar-refractivity contribution is 0.0600. The Morgan fingerprint density at radius 2 is 2.00 bits per heavy atom. The van der Waals surface area contributed by atoms with Crippen LogP contribution in [-0.4, -0.2) is 47.7 Å². The zero-order valence-electron chi connectivity index (χ0n) is 16.9. The van der Waals surface area contributed by atoms with Gasteiger partial charge in [0.1, 0.15) is 5.75 Å². The van der Waals surface area contributed by atoms with Crippen LogP contribution >= 0.6 is 0 Å². The summed E-state index contributed by atoms with van der Waals surface area (Å²) in [5.74, 6) is 0.177. The highest BCUT2D eigenvalue weighted by molar-refractivity contribution is 5.96. The Kier molecular flexibility index (Phi) is 5.52. The molecule has 1 saturated heterocycles. The summed E-state index contributed by atoms with van der Waals surface area (Å²) in [4.78, 5) is 27.1. The topological polar surface area (TPSA) is 84.5 Å². The lowest BCUT2D eigenvalue weighted by atomic mass is 10.0. The van der Waals surface area contributed by atoms with Crippen LogP contribution in [0.2, 0.25) is 0 Å². The highest BCUT2D eigenvalue weighted by atomic mass is 16.5. The molecule has 7 nitrogen and oxygen atoms in total. The molecule has 0 saturated carbocycles. The van der Waals surface area contributed by atoms with Crippen molar-refractivity contribution in [2.75, 3.05) is 20.8 Å². The molecule has 0 bridgehead atoms. The lowest BCUT2D eigenvalue weighted by Gasteiger charge is -2.26. The Labute approximate surface area is 174 Å². The maximum atomic E-state index is 13.3. The molecule has 1 atom stereocenters. The molecule has 0 unspecified atom stereocenters. The van der Waals surface area contributed by atoms with Gasteiger partial charge in [0.05, 0.1) is 32.0 Å². The number of rotatable bonds is 5. The number of hydrogen-bond acceptors (Lipinski definition) is 5. The average Bonchev–Trinajstić information content (AvgIpc) is 3.50. The van der Waals surface area contributed by atoms with E-state index in [1.165, 1.54) is 7.11 Å². The van der Waals surface area contributed by atoms with Gasteiger partial charge in [0.15, 0.2) is 0 Å². The van der Waals surface area contributed by atoms with Crippen molar-refractivity contribution in [1.29, 1.82) is 0 Å². The normalized spacial score (nSPS) is 15.8. The highest BCUT2D eigenvalue weighted by Gasteiger charge is 2.31. The summed E-state index contributed by atoms with van der Waals surface area (Å²) in [6.07, 6.45) is 5.25. The van der Waals surface area contributed by atoms with Crippen LogP contribution in [0, 0.1) is 0 Å². The molecule has 154 valence electrons. The summed E-state index contributed by atoms with van der Waals surface area (Å²) in [5.41, 5.74) is 3.75. The van der Waals surface area contributed by atoms with E-state index in [0.717, 1.165) is 29.5 Å². The Balaban J connectivity index is 1.62. The standard InChI is InChI=1S/C23H23N3O4/c1-29-21-12-16(8-9-19(21)18-13-24-25-14-18)22(27)26-10-4-7-20(26)15-5-3-6-17(11-15)23(28)30-2/h3,5-6,8-9,11-14,20H,4,7,10H2,1-2H3,(H,24,25)/t20-/m1/s1. The number of carbonyl (C=O) groups is 2. The van der Waals surface area contributed by atoms with Crippen molar-refractivity contribution in [3.63, 3.8) is 0 Å². The second kappa shape index (κ2) is 8.41. The Bertz CT molecular complexity index is 1060. The summed E-state index contributed by atoms with van der Waals surface area (Å²) in [5, 5.41) is 6.76. The third kappa shape index (κ3) is 3.66. The van der Waals surface area contributed by atoms with E-state index < -0.39 is 0 Å². The van der Waals surface area contributed by atoms with Crippen molar-refractivity contribution >= 4 is 11.9 Å². The first-order chi connectivity index (χ1) is 14.6. The van der Waals surface area contributed by atoms with Gasteiger partial charge in [-0.3, -0.25) is 9.89 Å². The monoisotopic (exact) mass is 405 g/mol. The largest absolute Gasteiger partial charge is 0.496 e. The molecule has 3 aromatic rings. The number of hydrogen-bond donors (Lipinski definition) is 1. The van der Waals surface area contributed by atoms with Crippen molar-refractivity contribution in [3.05, 3.63) is 71.5 Å². The van der Waals surface area contributed by atoms with Crippen LogP contribution in [0.15, 0.2) is 54.9 Å². The number of aromatic nitrogens is 2. The molecule has 2 heterocycles. The van der Waals surface area contributed by atoms with E-state index in [1.807, 2.05) is 35.2 Å². The smallest absolute Gasteiger partial charge is 0.337 e. The van der Waals surface area contributed by atoms with Crippen LogP contribution in [-0.2, 0) is 4.74 Å². The minimum absolute atomic E-state index is 0.0574. The molecular weight excluding hydrogens is 382 g/mol. The minimum atomic E-state index is -0.382. The molecule has 30 heavy (non-hydrogen) atoms. The fourth-order valence-corrected chi connectivity index (χ4v) is 3.97. The number of nitrogens with one attached hydrogen (secondary N) is 1. The summed E-state index contributed by atoms with van der Waals surface area (Å²) >= 11 is 0. The van der Waals surface area contributed by atoms with Crippen molar-refractivity contribution in [1.82, 2.24) is 15.1 Å². The first-order valence-corrected chi connectivity index (χ1v) is 9.79. The van der Waals surface area contributed by atoms with Crippen LogP contribution in [0.4, 0.5) is 0 Å². The predicted octanol–water partition coefficient (Wildman–Crippen LogP) is 3.85. The number of carbonyl (C=O) groups excluding carboxylic acids is 2. The number of benzene rings is 2. The molecule has 1 amide bonds. The third-order valence-electron chi connectivity index (χ3n) is 5.46. The molecule has 1 aliphatic heterocycles. The molecule has 2 aromatic carbocycles. The number of H-pyrrole nitrogens is 1. The fourth-order valence-electron chi connectivity index (χ4n) is 3.97. The number of amides is 1. The zero-order valence-corrected chi connectivity index (χ0v) is 16.9. The quantitative estimate of drug-likeness (QED) is 0.652. The first kappa shape index (κ1) is 19.7. The molecular formula is C23H23N3O4. The molecule has 1 N–H and O–H groups in total. The predicted molar refractivity (Wildman–Crippen MR) is 111 cm³/mol. The molecule has 1 aromatic heterocycles. The van der Waals surface area contributed by atoms with E-state index in [2.05, 4.69) is 10.2 Å². The molecule has 0 radical (unpaired) electrons. The highest BCUT2D eigenvalue weighted by Crippen LogP contribution is 2.35. The van der Waals surface area contributed by atoms with Crippen molar-refractivity contribution in [2.24, 2.45) is 0 Å². The third-order valence-corrected chi connectivity index (χ3v) is 5.46. The molecule has 7 heteroatoms. The van der Waals surface area contributed by atoms with E-state index in [0.29, 0.717) is 23.4 Å². The maximum absolute atomic E-state index is 13.3. The SMILES string of the molecule is COC(=O)c1cccc([C@H]2CCCN2C(=O)c2ccc(-c3cn[nH]c3)c(OC)c2)c1. The van der Waals surface area contributed by atoms with Gasteiger partial charge in [-0.1, -0.05) is 12.1 Å². The van der Waals surface area contributed by atoms with Crippen molar-refractivity contribution < 1.29 is 19.1 Å². The summed E-state index contributed by atoms with van der Waals surface area (Å²) in [7, 11) is 2.95. The second-order valence-electron chi connectivity index (χ2n) is 7.18. The van der Waals surface area contributed by atoms with Gasteiger partial charge in [-0.25, -0.2) is 4.79 Å². The van der Waals surface area contributed by atoms with Gasteiger partial charge in [0.25, 0.3) is 5.91 Å². The van der Waals surface area contributed by atoms with Gasteiger partial charge in [-0.05, 0) is 48.7 Å². The number of ether oxygens (including phenoxy) is 2. The van der Waals surface area contributed by atoms with Gasteiger partial charge in [0.2, 0.25) is 0 Å². The van der Waals surface area contributed by atoms with Gasteiger partial charge >= 0.3 is 5.97 Å². The van der Waals surface area contributed by atoms with E-state index in [-0.39, 0.29) is 17.9 Å². The van der Waals surface area contributed by atoms with Gasteiger partial charge in [-0.15, -0.1) is 0 Å². The van der Waals surface area contributed by atoms with Gasteiger partial charge in [0, 0.05) is 29.4 Å². The van der Waals surface area contributed by atoms with E-state index >= 15 is 0 Å². The van der Waals surface area contributed by atoms with Gasteiger partial charge in [-0.2, -0.15) is 5.10 Å². The molecule has 1 fully saturated rings. The molecule has 0 aliphatic carbocycles. The van der Waals surface area contributed by atoms with Crippen LogP contribution in [0.3, 0.4) is 0 Å². The number of nitrogens with zero attached hydrogens (tertiary/aromatic N) is 2. The van der Waals surface area contributed by atoms with Crippen LogP contribution in [0.25, 0.3) is 11.1 Å². The van der Waals surface area contributed by atoms with Crippen LogP contribution in [0.5, 0.6) is 5.75 Å². The number of likely N-dealkylation sites (tertiary alicyclic amines) is 1. The number of methoxy groups -OCH3 is 2. The zero-order chi connectivity index (χ0) is 21.1. The average molecular weight is 405 g/mol. The summed E-state index contributed by atoms with van der Waals surface area (Å²) in [6.45, 7) is 0.664. The summed E-state index contributed by atoms with van der Waals surface area (Å²) < 4.78 is 10.3. The fraction of sp³-hybridized carbons (Fsp3) is 0.261. The molecule has 4 rings (SSSR count). The minimum Gasteiger partial charge on any atom is -0.496 e. The Hall–Kier alpha value is -3.61. The second-order valence-corrected chi connectivity index (χ2v) is 7.18. The van der Waals surface area contributed by atoms with E-state index in [1.54, 1.807) is 31.6 Å². The molecule has 0 spiro atoms. The summed E-state index contributed by atoms with van der Waals surface area (Å²) in [6, 6.07) is 12.7. The number of esters is 1. The maximum Gasteiger partial charge on any atom is 0.337 e. The van der Waals surface area contributed by atoms with Gasteiger partial charge < -0.3 is 14.4 Å². The van der Waals surface area contributed by atoms with E-state index in [9.17, 15) is 9.59 Å². The van der Waals surface area contributed by atoms with E-state index in [4.69, 9.17) is 9.47 Å². The Morgan fingerprint density at radius 3 is 2.73 bits per heavy atom. The van der Waals surface area contributed by atoms with Crippen LogP contribution < -0.4 is 4.74 Å². The van der Waals surface area contributed by atoms with Crippen LogP contribution in [0.1, 0.15) is 45.2 Å². The van der Waals surface area contributed by atoms with Crippen molar-refractivity contribution in [2.45, 2.75) is 18.9 Å². The Morgan fingerprint density at radius 1 is 1.13 bits per heavy atom.